The lowest BCUT2D eigenvalue weighted by molar-refractivity contribution is 0.178. The van der Waals surface area contributed by atoms with Gasteiger partial charge < -0.3 is 5.11 Å². The van der Waals surface area contributed by atoms with E-state index in [0.29, 0.717) is 0 Å². The molecule has 0 aromatic heterocycles. The fraction of sp³-hybridized carbons (Fsp3) is 1.00. The van der Waals surface area contributed by atoms with E-state index in [2.05, 4.69) is 18.9 Å². The van der Waals surface area contributed by atoms with Gasteiger partial charge in [0.05, 0.1) is 6.10 Å². The normalized spacial score (nSPS) is 54.3. The fourth-order valence-electron chi connectivity index (χ4n) is 2.38. The van der Waals surface area contributed by atoms with Crippen LogP contribution in [-0.4, -0.2) is 35.2 Å². The summed E-state index contributed by atoms with van der Waals surface area (Å²) < 4.78 is 0. The second-order valence-corrected chi connectivity index (χ2v) is 4.01. The van der Waals surface area contributed by atoms with Crippen molar-refractivity contribution in [3.8, 4) is 0 Å². The highest BCUT2D eigenvalue weighted by atomic mass is 16.3. The highest BCUT2D eigenvalue weighted by molar-refractivity contribution is 5.15. The quantitative estimate of drug-likeness (QED) is 0.530. The van der Waals surface area contributed by atoms with E-state index in [-0.39, 0.29) is 11.6 Å². The Morgan fingerprint density at radius 2 is 2.10 bits per heavy atom. The second-order valence-electron chi connectivity index (χ2n) is 4.01. The molecule has 2 nitrogen and oxygen atoms in total. The Kier molecular flexibility index (Phi) is 1.15. The van der Waals surface area contributed by atoms with Gasteiger partial charge in [-0.3, -0.25) is 4.90 Å². The van der Waals surface area contributed by atoms with Crippen molar-refractivity contribution >= 4 is 0 Å². The third-order valence-corrected chi connectivity index (χ3v) is 3.05. The predicted molar refractivity (Wildman–Crippen MR) is 39.8 cm³/mol. The summed E-state index contributed by atoms with van der Waals surface area (Å²) in [5.74, 6) is 0.780. The smallest absolute Gasteiger partial charge is 0.0743 e. The first-order valence-electron chi connectivity index (χ1n) is 4.04. The van der Waals surface area contributed by atoms with Crippen LogP contribution in [0.25, 0.3) is 0 Å². The minimum absolute atomic E-state index is 0.0255. The van der Waals surface area contributed by atoms with Crippen LogP contribution in [0.4, 0.5) is 0 Å². The van der Waals surface area contributed by atoms with Crippen LogP contribution in [0.1, 0.15) is 19.8 Å². The number of hydrogen-bond donors (Lipinski definition) is 1. The number of rotatable bonds is 0. The summed E-state index contributed by atoms with van der Waals surface area (Å²) in [5, 5.41) is 9.36. The predicted octanol–water partition coefficient (Wildman–Crippen LogP) is 0.461. The zero-order valence-corrected chi connectivity index (χ0v) is 6.67. The summed E-state index contributed by atoms with van der Waals surface area (Å²) in [5.41, 5.74) is 0.222. The van der Waals surface area contributed by atoms with Crippen molar-refractivity contribution in [3.63, 3.8) is 0 Å². The first kappa shape index (κ1) is 6.62. The number of aliphatic hydroxyl groups is 1. The highest BCUT2D eigenvalue weighted by Gasteiger charge is 2.59. The molecule has 2 unspecified atom stereocenters. The largest absolute Gasteiger partial charge is 0.391 e. The standard InChI is InChI=1S/C8H15NO/c1-6-3-8(4-7(8)10)9(2)5-6/h6-7,10H,3-5H2,1-2H3/t6-,7?,8?/m1/s1. The van der Waals surface area contributed by atoms with Gasteiger partial charge in [0.25, 0.3) is 0 Å². The summed E-state index contributed by atoms with van der Waals surface area (Å²) >= 11 is 0. The van der Waals surface area contributed by atoms with Crippen molar-refractivity contribution in [1.29, 1.82) is 0 Å². The molecule has 0 aromatic carbocycles. The Labute approximate surface area is 61.8 Å². The van der Waals surface area contributed by atoms with Gasteiger partial charge in [-0.05, 0) is 25.8 Å². The molecule has 1 aliphatic carbocycles. The van der Waals surface area contributed by atoms with Crippen LogP contribution in [-0.2, 0) is 0 Å². The number of likely N-dealkylation sites (N-methyl/N-ethyl adjacent to an activating group) is 1. The number of aliphatic hydroxyl groups excluding tert-OH is 1. The van der Waals surface area contributed by atoms with E-state index in [1.807, 2.05) is 0 Å². The van der Waals surface area contributed by atoms with Gasteiger partial charge in [0, 0.05) is 12.1 Å². The summed E-state index contributed by atoms with van der Waals surface area (Å²) in [7, 11) is 2.12. The summed E-state index contributed by atoms with van der Waals surface area (Å²) in [6.45, 7) is 3.42. The Balaban J connectivity index is 2.11. The lowest BCUT2D eigenvalue weighted by Crippen LogP contribution is -2.30. The van der Waals surface area contributed by atoms with E-state index in [4.69, 9.17) is 0 Å². The Morgan fingerprint density at radius 1 is 1.50 bits per heavy atom. The first-order chi connectivity index (χ1) is 4.65. The Bertz CT molecular complexity index is 159. The molecule has 1 saturated carbocycles. The molecule has 1 N–H and O–H groups in total. The number of nitrogens with zero attached hydrogens (tertiary/aromatic N) is 1. The molecule has 1 aliphatic heterocycles. The van der Waals surface area contributed by atoms with Gasteiger partial charge in [0.2, 0.25) is 0 Å². The number of hydrogen-bond acceptors (Lipinski definition) is 2. The molecule has 0 aromatic rings. The van der Waals surface area contributed by atoms with Crippen molar-refractivity contribution in [3.05, 3.63) is 0 Å². The zero-order chi connectivity index (χ0) is 7.35. The van der Waals surface area contributed by atoms with Crippen LogP contribution in [0, 0.1) is 5.92 Å². The number of likely N-dealkylation sites (tertiary alicyclic amines) is 1. The highest BCUT2D eigenvalue weighted by Crippen LogP contribution is 2.50. The molecule has 3 atom stereocenters. The van der Waals surface area contributed by atoms with Gasteiger partial charge in [-0.25, -0.2) is 0 Å². The lowest BCUT2D eigenvalue weighted by atomic mass is 10.1. The maximum Gasteiger partial charge on any atom is 0.0743 e. The van der Waals surface area contributed by atoms with Gasteiger partial charge in [-0.1, -0.05) is 6.92 Å². The molecule has 0 amide bonds. The summed E-state index contributed by atoms with van der Waals surface area (Å²) in [4.78, 5) is 2.32. The van der Waals surface area contributed by atoms with E-state index < -0.39 is 0 Å². The van der Waals surface area contributed by atoms with Crippen LogP contribution in [0.3, 0.4) is 0 Å². The van der Waals surface area contributed by atoms with E-state index in [1.165, 1.54) is 6.42 Å². The van der Waals surface area contributed by atoms with Crippen LogP contribution in [0.15, 0.2) is 0 Å². The van der Waals surface area contributed by atoms with Crippen molar-refractivity contribution in [2.45, 2.75) is 31.4 Å². The van der Waals surface area contributed by atoms with Gasteiger partial charge in [-0.2, -0.15) is 0 Å². The van der Waals surface area contributed by atoms with Crippen molar-refractivity contribution < 1.29 is 5.11 Å². The minimum atomic E-state index is -0.0255. The average Bonchev–Trinajstić information content (AvgIpc) is 2.33. The SMILES string of the molecule is C[C@H]1CN(C)C2(CC2O)C1. The first-order valence-corrected chi connectivity index (χ1v) is 4.04. The average molecular weight is 141 g/mol. The Morgan fingerprint density at radius 3 is 2.30 bits per heavy atom. The molecule has 10 heavy (non-hydrogen) atoms. The molecule has 1 saturated heterocycles. The van der Waals surface area contributed by atoms with Crippen LogP contribution >= 0.6 is 0 Å². The van der Waals surface area contributed by atoms with Gasteiger partial charge in [-0.15, -0.1) is 0 Å². The second kappa shape index (κ2) is 1.74. The van der Waals surface area contributed by atoms with Crippen molar-refractivity contribution in [1.82, 2.24) is 4.90 Å². The molecule has 0 radical (unpaired) electrons. The molecule has 0 bridgehead atoms. The summed E-state index contributed by atoms with van der Waals surface area (Å²) in [6, 6.07) is 0. The van der Waals surface area contributed by atoms with E-state index in [9.17, 15) is 5.11 Å². The molecular weight excluding hydrogens is 126 g/mol. The van der Waals surface area contributed by atoms with Crippen LogP contribution in [0.5, 0.6) is 0 Å². The molecule has 2 fully saturated rings. The fourth-order valence-corrected chi connectivity index (χ4v) is 2.38. The maximum atomic E-state index is 9.36. The molecule has 2 heteroatoms. The van der Waals surface area contributed by atoms with Gasteiger partial charge in [0.15, 0.2) is 0 Å². The minimum Gasteiger partial charge on any atom is -0.391 e. The maximum absolute atomic E-state index is 9.36. The van der Waals surface area contributed by atoms with Gasteiger partial charge >= 0.3 is 0 Å². The zero-order valence-electron chi connectivity index (χ0n) is 6.67. The molecule has 2 aliphatic rings. The third kappa shape index (κ3) is 0.663. The van der Waals surface area contributed by atoms with Gasteiger partial charge in [0.1, 0.15) is 0 Å². The van der Waals surface area contributed by atoms with E-state index in [0.717, 1.165) is 18.9 Å². The third-order valence-electron chi connectivity index (χ3n) is 3.05. The molecular formula is C8H15NO. The molecule has 2 rings (SSSR count). The van der Waals surface area contributed by atoms with Crippen molar-refractivity contribution in [2.24, 2.45) is 5.92 Å². The monoisotopic (exact) mass is 141 g/mol. The Hall–Kier alpha value is -0.0800. The van der Waals surface area contributed by atoms with Crippen LogP contribution in [0.2, 0.25) is 0 Å². The molecule has 1 heterocycles. The molecule has 1 spiro atoms. The van der Waals surface area contributed by atoms with E-state index in [1.54, 1.807) is 0 Å². The topological polar surface area (TPSA) is 23.5 Å². The molecule has 58 valence electrons. The van der Waals surface area contributed by atoms with E-state index >= 15 is 0 Å². The van der Waals surface area contributed by atoms with Crippen molar-refractivity contribution in [2.75, 3.05) is 13.6 Å². The van der Waals surface area contributed by atoms with Crippen LogP contribution < -0.4 is 0 Å². The summed E-state index contributed by atoms with van der Waals surface area (Å²) in [6.07, 6.45) is 2.18. The lowest BCUT2D eigenvalue weighted by Gasteiger charge is -2.17.